The molecule has 0 radical (unpaired) electrons. The predicted molar refractivity (Wildman–Crippen MR) is 80.2 cm³/mol. The molecule has 4 nitrogen and oxygen atoms in total. The zero-order chi connectivity index (χ0) is 14.1. The van der Waals surface area contributed by atoms with Crippen LogP contribution in [0.25, 0.3) is 0 Å². The molecule has 0 saturated heterocycles. The molecule has 1 aromatic rings. The van der Waals surface area contributed by atoms with Gasteiger partial charge in [0.1, 0.15) is 0 Å². The second-order valence-corrected chi connectivity index (χ2v) is 5.33. The minimum absolute atomic E-state index is 0.0201. The smallest absolute Gasteiger partial charge is 0.234 e. The molecule has 0 unspecified atom stereocenters. The lowest BCUT2D eigenvalue weighted by molar-refractivity contribution is -0.118. The van der Waals surface area contributed by atoms with E-state index in [1.165, 1.54) is 17.3 Å². The van der Waals surface area contributed by atoms with E-state index in [1.54, 1.807) is 0 Å². The first-order valence-electron chi connectivity index (χ1n) is 6.36. The Morgan fingerprint density at radius 1 is 1.26 bits per heavy atom. The first-order valence-corrected chi connectivity index (χ1v) is 7.52. The minimum atomic E-state index is -0.291. The Kier molecular flexibility index (Phi) is 7.03. The van der Waals surface area contributed by atoms with Crippen LogP contribution in [-0.4, -0.2) is 23.3 Å². The van der Waals surface area contributed by atoms with Crippen molar-refractivity contribution in [3.8, 4) is 0 Å². The van der Waals surface area contributed by atoms with E-state index < -0.39 is 0 Å². The lowest BCUT2D eigenvalue weighted by Crippen LogP contribution is -2.14. The lowest BCUT2D eigenvalue weighted by Gasteiger charge is -2.05. The quantitative estimate of drug-likeness (QED) is 0.717. The third-order valence-corrected chi connectivity index (χ3v) is 3.63. The number of benzene rings is 1. The number of hydrogen-bond acceptors (Lipinski definition) is 3. The zero-order valence-corrected chi connectivity index (χ0v) is 12.0. The highest BCUT2D eigenvalue weighted by Crippen LogP contribution is 2.11. The minimum Gasteiger partial charge on any atom is -0.370 e. The summed E-state index contributed by atoms with van der Waals surface area (Å²) in [5.41, 5.74) is 7.10. The van der Waals surface area contributed by atoms with Gasteiger partial charge in [0.05, 0.1) is 5.75 Å². The van der Waals surface area contributed by atoms with Crippen LogP contribution in [0.1, 0.15) is 25.3 Å². The molecular weight excluding hydrogens is 260 g/mol. The normalized spacial score (nSPS) is 10.2. The van der Waals surface area contributed by atoms with Crippen molar-refractivity contribution < 1.29 is 9.59 Å². The first kappa shape index (κ1) is 15.6. The van der Waals surface area contributed by atoms with Gasteiger partial charge >= 0.3 is 0 Å². The van der Waals surface area contributed by atoms with E-state index in [0.717, 1.165) is 24.3 Å². The molecule has 0 heterocycles. The van der Waals surface area contributed by atoms with Crippen LogP contribution in [0.5, 0.6) is 0 Å². The third kappa shape index (κ3) is 6.86. The number of rotatable bonds is 8. The lowest BCUT2D eigenvalue weighted by atomic mass is 10.1. The van der Waals surface area contributed by atoms with Gasteiger partial charge in [-0.1, -0.05) is 19.1 Å². The summed E-state index contributed by atoms with van der Waals surface area (Å²) in [6, 6.07) is 7.84. The summed E-state index contributed by atoms with van der Waals surface area (Å²) in [5, 5.41) is 2.84. The summed E-state index contributed by atoms with van der Waals surface area (Å²) in [6.45, 7) is 2.09. The Balaban J connectivity index is 2.21. The van der Waals surface area contributed by atoms with Gasteiger partial charge in [-0.3, -0.25) is 9.59 Å². The number of aryl methyl sites for hydroxylation is 1. The van der Waals surface area contributed by atoms with Crippen molar-refractivity contribution in [3.05, 3.63) is 29.8 Å². The number of nitrogens with two attached hydrogens (primary N) is 1. The molecule has 0 aliphatic carbocycles. The summed E-state index contributed by atoms with van der Waals surface area (Å²) < 4.78 is 0. The average molecular weight is 280 g/mol. The molecule has 0 atom stereocenters. The van der Waals surface area contributed by atoms with Crippen LogP contribution in [0, 0.1) is 0 Å². The molecule has 0 aromatic heterocycles. The fourth-order valence-corrected chi connectivity index (χ4v) is 2.28. The number of nitrogens with one attached hydrogen (secondary N) is 1. The maximum absolute atomic E-state index is 11.6. The van der Waals surface area contributed by atoms with E-state index in [9.17, 15) is 9.59 Å². The fourth-order valence-electron chi connectivity index (χ4n) is 1.53. The number of carbonyl (C=O) groups excluding carboxylic acids is 2. The van der Waals surface area contributed by atoms with Gasteiger partial charge in [-0.25, -0.2) is 0 Å². The van der Waals surface area contributed by atoms with Crippen LogP contribution in [0.3, 0.4) is 0 Å². The highest BCUT2D eigenvalue weighted by Gasteiger charge is 2.03. The maximum Gasteiger partial charge on any atom is 0.234 e. The van der Waals surface area contributed by atoms with E-state index in [0.29, 0.717) is 12.2 Å². The van der Waals surface area contributed by atoms with Crippen LogP contribution in [0.4, 0.5) is 5.69 Å². The van der Waals surface area contributed by atoms with Crippen molar-refractivity contribution in [1.82, 2.24) is 0 Å². The summed E-state index contributed by atoms with van der Waals surface area (Å²) in [6.07, 6.45) is 2.09. The number of amides is 2. The summed E-state index contributed by atoms with van der Waals surface area (Å²) >= 11 is 1.51. The monoisotopic (exact) mass is 280 g/mol. The molecular formula is C14H20N2O2S. The summed E-state index contributed by atoms with van der Waals surface area (Å²) in [5.74, 6) is 0.855. The second-order valence-electron chi connectivity index (χ2n) is 4.22. The third-order valence-electron chi connectivity index (χ3n) is 2.59. The topological polar surface area (TPSA) is 72.2 Å². The Morgan fingerprint density at radius 2 is 1.95 bits per heavy atom. The standard InChI is InChI=1S/C14H20N2O2S/c1-2-11-5-7-12(8-6-11)16-14(18)10-19-9-3-4-13(15)17/h5-8H,2-4,9-10H2,1H3,(H2,15,17)(H,16,18). The van der Waals surface area contributed by atoms with Gasteiger partial charge in [0.2, 0.25) is 11.8 Å². The molecule has 0 saturated carbocycles. The predicted octanol–water partition coefficient (Wildman–Crippen LogP) is 2.19. The molecule has 3 N–H and O–H groups in total. The van der Waals surface area contributed by atoms with E-state index in [1.807, 2.05) is 24.3 Å². The van der Waals surface area contributed by atoms with Crippen LogP contribution in [-0.2, 0) is 16.0 Å². The Morgan fingerprint density at radius 3 is 2.53 bits per heavy atom. The van der Waals surface area contributed by atoms with Crippen molar-refractivity contribution in [1.29, 1.82) is 0 Å². The number of anilines is 1. The van der Waals surface area contributed by atoms with E-state index in [-0.39, 0.29) is 11.8 Å². The number of carbonyl (C=O) groups is 2. The zero-order valence-electron chi connectivity index (χ0n) is 11.1. The van der Waals surface area contributed by atoms with Gasteiger partial charge in [-0.05, 0) is 36.3 Å². The van der Waals surface area contributed by atoms with Gasteiger partial charge in [-0.2, -0.15) is 11.8 Å². The maximum atomic E-state index is 11.6. The van der Waals surface area contributed by atoms with Crippen LogP contribution in [0.2, 0.25) is 0 Å². The molecule has 0 bridgehead atoms. The highest BCUT2D eigenvalue weighted by atomic mass is 32.2. The molecule has 19 heavy (non-hydrogen) atoms. The van der Waals surface area contributed by atoms with Gasteiger partial charge in [0.15, 0.2) is 0 Å². The number of primary amides is 1. The number of thioether (sulfide) groups is 1. The molecule has 0 spiro atoms. The first-order chi connectivity index (χ1) is 9.11. The molecule has 1 aromatic carbocycles. The highest BCUT2D eigenvalue weighted by molar-refractivity contribution is 7.99. The molecule has 5 heteroatoms. The molecule has 0 aliphatic heterocycles. The Hall–Kier alpha value is -1.49. The van der Waals surface area contributed by atoms with Crippen LogP contribution >= 0.6 is 11.8 Å². The Bertz CT molecular complexity index is 418. The Labute approximate surface area is 118 Å². The summed E-state index contributed by atoms with van der Waals surface area (Å²) in [7, 11) is 0. The van der Waals surface area contributed by atoms with Crippen LogP contribution < -0.4 is 11.1 Å². The molecule has 1 rings (SSSR count). The van der Waals surface area contributed by atoms with Gasteiger partial charge in [0, 0.05) is 12.1 Å². The number of hydrogen-bond donors (Lipinski definition) is 2. The fraction of sp³-hybridized carbons (Fsp3) is 0.429. The van der Waals surface area contributed by atoms with Crippen molar-refractivity contribution >= 4 is 29.3 Å². The average Bonchev–Trinajstić information content (AvgIpc) is 2.39. The van der Waals surface area contributed by atoms with Gasteiger partial charge in [0.25, 0.3) is 0 Å². The summed E-state index contributed by atoms with van der Waals surface area (Å²) in [4.78, 5) is 22.2. The van der Waals surface area contributed by atoms with E-state index in [4.69, 9.17) is 5.73 Å². The van der Waals surface area contributed by atoms with E-state index >= 15 is 0 Å². The molecule has 0 fully saturated rings. The van der Waals surface area contributed by atoms with E-state index in [2.05, 4.69) is 12.2 Å². The largest absolute Gasteiger partial charge is 0.370 e. The molecule has 104 valence electrons. The van der Waals surface area contributed by atoms with Gasteiger partial charge < -0.3 is 11.1 Å². The molecule has 0 aliphatic rings. The van der Waals surface area contributed by atoms with Crippen molar-refractivity contribution in [3.63, 3.8) is 0 Å². The van der Waals surface area contributed by atoms with Crippen molar-refractivity contribution in [2.24, 2.45) is 5.73 Å². The second kappa shape index (κ2) is 8.58. The van der Waals surface area contributed by atoms with Crippen molar-refractivity contribution in [2.75, 3.05) is 16.8 Å². The van der Waals surface area contributed by atoms with Gasteiger partial charge in [-0.15, -0.1) is 0 Å². The van der Waals surface area contributed by atoms with Crippen molar-refractivity contribution in [2.45, 2.75) is 26.2 Å². The van der Waals surface area contributed by atoms with Crippen LogP contribution in [0.15, 0.2) is 24.3 Å². The SMILES string of the molecule is CCc1ccc(NC(=O)CSCCCC(N)=O)cc1. The molecule has 2 amide bonds.